The summed E-state index contributed by atoms with van der Waals surface area (Å²) in [6, 6.07) is 13.5. The highest BCUT2D eigenvalue weighted by molar-refractivity contribution is 5.84. The van der Waals surface area contributed by atoms with Gasteiger partial charge in [-0.05, 0) is 31.2 Å². The molecule has 0 saturated carbocycles. The number of nitrogens with one attached hydrogen (secondary N) is 1. The number of H-pyrrole nitrogens is 1. The maximum atomic E-state index is 12.5. The van der Waals surface area contributed by atoms with E-state index in [0.29, 0.717) is 22.2 Å². The van der Waals surface area contributed by atoms with E-state index < -0.39 is 23.3 Å². The lowest BCUT2D eigenvalue weighted by Crippen LogP contribution is -2.32. The van der Waals surface area contributed by atoms with Crippen LogP contribution in [0.2, 0.25) is 0 Å². The molecule has 138 valence electrons. The average Bonchev–Trinajstić information content (AvgIpc) is 2.68. The first-order valence-corrected chi connectivity index (χ1v) is 8.13. The number of rotatable bonds is 5. The smallest absolute Gasteiger partial charge is 0.349 e. The van der Waals surface area contributed by atoms with E-state index in [-0.39, 0.29) is 0 Å². The van der Waals surface area contributed by atoms with E-state index in [4.69, 9.17) is 4.74 Å². The fraction of sp³-hybridized carbons (Fsp3) is 0.158. The molecule has 27 heavy (non-hydrogen) atoms. The molecule has 1 heterocycles. The monoisotopic (exact) mass is 367 g/mol. The number of hydrogen-bond acceptors (Lipinski definition) is 6. The van der Waals surface area contributed by atoms with E-state index in [1.54, 1.807) is 55.5 Å². The molecule has 3 aromatic rings. The van der Waals surface area contributed by atoms with E-state index in [0.717, 1.165) is 4.68 Å². The molecular weight excluding hydrogens is 350 g/mol. The van der Waals surface area contributed by atoms with Crippen LogP contribution in [-0.2, 0) is 9.53 Å². The number of esters is 1. The van der Waals surface area contributed by atoms with Gasteiger partial charge in [0.15, 0.2) is 6.10 Å². The van der Waals surface area contributed by atoms with Crippen LogP contribution in [0.15, 0.2) is 63.2 Å². The number of hydrogen-bond donors (Lipinski definition) is 1. The number of aromatic nitrogens is 2. The zero-order valence-electron chi connectivity index (χ0n) is 14.7. The van der Waals surface area contributed by atoms with Gasteiger partial charge in [0.25, 0.3) is 5.56 Å². The minimum atomic E-state index is -0.823. The molecule has 1 aromatic heterocycles. The van der Waals surface area contributed by atoms with E-state index in [1.165, 1.54) is 13.3 Å². The number of ether oxygens (including phenoxy) is 2. The molecule has 2 aromatic carbocycles. The average molecular weight is 367 g/mol. The summed E-state index contributed by atoms with van der Waals surface area (Å²) in [5.74, 6) is -0.159. The molecule has 0 unspecified atom stereocenters. The van der Waals surface area contributed by atoms with Gasteiger partial charge >= 0.3 is 11.7 Å². The summed E-state index contributed by atoms with van der Waals surface area (Å²) in [5, 5.41) is 4.34. The first-order chi connectivity index (χ1) is 13.0. The molecule has 8 heteroatoms. The van der Waals surface area contributed by atoms with Crippen molar-refractivity contribution < 1.29 is 14.3 Å². The van der Waals surface area contributed by atoms with Crippen molar-refractivity contribution in [1.82, 2.24) is 9.66 Å². The second-order valence-electron chi connectivity index (χ2n) is 5.66. The Morgan fingerprint density at radius 3 is 2.63 bits per heavy atom. The van der Waals surface area contributed by atoms with Gasteiger partial charge in [0.1, 0.15) is 5.75 Å². The van der Waals surface area contributed by atoms with Crippen molar-refractivity contribution in [3.63, 3.8) is 0 Å². The summed E-state index contributed by atoms with van der Waals surface area (Å²) < 4.78 is 11.0. The third-order valence-electron chi connectivity index (χ3n) is 3.85. The molecule has 0 spiro atoms. The number of methoxy groups -OCH3 is 1. The summed E-state index contributed by atoms with van der Waals surface area (Å²) in [6.07, 6.45) is 0.501. The van der Waals surface area contributed by atoms with Crippen molar-refractivity contribution in [2.75, 3.05) is 7.11 Å². The van der Waals surface area contributed by atoms with Crippen molar-refractivity contribution in [1.29, 1.82) is 0 Å². The Labute approximate surface area is 153 Å². The van der Waals surface area contributed by atoms with Crippen LogP contribution in [0.4, 0.5) is 0 Å². The first kappa shape index (κ1) is 18.1. The lowest BCUT2D eigenvalue weighted by molar-refractivity contribution is -0.147. The molecule has 0 radical (unpaired) electrons. The normalized spacial score (nSPS) is 12.2. The molecule has 0 bridgehead atoms. The van der Waals surface area contributed by atoms with Crippen LogP contribution in [0.25, 0.3) is 10.9 Å². The van der Waals surface area contributed by atoms with Gasteiger partial charge in [0, 0.05) is 5.56 Å². The third kappa shape index (κ3) is 3.79. The quantitative estimate of drug-likeness (QED) is 0.544. The Morgan fingerprint density at radius 1 is 1.15 bits per heavy atom. The molecule has 0 aliphatic rings. The van der Waals surface area contributed by atoms with Gasteiger partial charge in [-0.25, -0.2) is 9.59 Å². The topological polar surface area (TPSA) is 103 Å². The van der Waals surface area contributed by atoms with Gasteiger partial charge < -0.3 is 14.5 Å². The number of nitrogens with zero attached hydrogens (tertiary/aromatic N) is 2. The highest BCUT2D eigenvalue weighted by Crippen LogP contribution is 2.18. The molecule has 1 N–H and O–H groups in total. The molecule has 8 nitrogen and oxygen atoms in total. The minimum Gasteiger partial charge on any atom is -0.478 e. The van der Waals surface area contributed by atoms with E-state index in [9.17, 15) is 14.4 Å². The SMILES string of the molecule is COC(=O)[C@@H](C)Oc1ccccc1C=Nn1c(=O)[nH]c2ccccc2c1=O. The summed E-state index contributed by atoms with van der Waals surface area (Å²) in [4.78, 5) is 38.8. The highest BCUT2D eigenvalue weighted by Gasteiger charge is 2.16. The predicted molar refractivity (Wildman–Crippen MR) is 100 cm³/mol. The second kappa shape index (κ2) is 7.69. The zero-order valence-corrected chi connectivity index (χ0v) is 14.7. The summed E-state index contributed by atoms with van der Waals surface area (Å²) >= 11 is 0. The molecule has 1 atom stereocenters. The Bertz CT molecular complexity index is 1130. The molecular formula is C19H17N3O5. The van der Waals surface area contributed by atoms with Crippen LogP contribution in [0.5, 0.6) is 5.75 Å². The van der Waals surface area contributed by atoms with Crippen LogP contribution in [-0.4, -0.2) is 35.1 Å². The minimum absolute atomic E-state index is 0.345. The largest absolute Gasteiger partial charge is 0.478 e. The highest BCUT2D eigenvalue weighted by atomic mass is 16.6. The van der Waals surface area contributed by atoms with Gasteiger partial charge in [-0.2, -0.15) is 5.10 Å². The number of fused-ring (bicyclic) bond motifs is 1. The second-order valence-corrected chi connectivity index (χ2v) is 5.66. The molecule has 0 aliphatic heterocycles. The molecule has 0 amide bonds. The molecule has 0 saturated heterocycles. The maximum Gasteiger partial charge on any atom is 0.349 e. The van der Waals surface area contributed by atoms with Crippen molar-refractivity contribution in [3.8, 4) is 5.75 Å². The van der Waals surface area contributed by atoms with Crippen LogP contribution in [0.1, 0.15) is 12.5 Å². The van der Waals surface area contributed by atoms with Gasteiger partial charge in [0.05, 0.1) is 24.2 Å². The standard InChI is InChI=1S/C19H17N3O5/c1-12(18(24)26-2)27-16-10-6-3-7-13(16)11-20-22-17(23)14-8-4-5-9-15(14)21-19(22)25/h3-12H,1-2H3,(H,21,25)/t12-/m1/s1. The lowest BCUT2D eigenvalue weighted by atomic mass is 10.2. The van der Waals surface area contributed by atoms with Crippen LogP contribution in [0, 0.1) is 0 Å². The summed E-state index contributed by atoms with van der Waals surface area (Å²) in [5.41, 5.74) is -0.259. The fourth-order valence-electron chi connectivity index (χ4n) is 2.48. The maximum absolute atomic E-state index is 12.5. The molecule has 3 rings (SSSR count). The first-order valence-electron chi connectivity index (χ1n) is 8.13. The summed E-state index contributed by atoms with van der Waals surface area (Å²) in [6.45, 7) is 1.55. The van der Waals surface area contributed by atoms with Crippen LogP contribution >= 0.6 is 0 Å². The summed E-state index contributed by atoms with van der Waals surface area (Å²) in [7, 11) is 1.27. The Morgan fingerprint density at radius 2 is 1.85 bits per heavy atom. The Balaban J connectivity index is 1.98. The number of benzene rings is 2. The van der Waals surface area contributed by atoms with Gasteiger partial charge in [-0.1, -0.05) is 24.3 Å². The van der Waals surface area contributed by atoms with E-state index >= 15 is 0 Å². The van der Waals surface area contributed by atoms with Crippen LogP contribution in [0.3, 0.4) is 0 Å². The van der Waals surface area contributed by atoms with Gasteiger partial charge in [-0.3, -0.25) is 4.79 Å². The number of carbonyl (C=O) groups excluding carboxylic acids is 1. The van der Waals surface area contributed by atoms with E-state index in [2.05, 4.69) is 14.8 Å². The van der Waals surface area contributed by atoms with Crippen molar-refractivity contribution in [3.05, 3.63) is 74.9 Å². The van der Waals surface area contributed by atoms with Crippen molar-refractivity contribution in [2.24, 2.45) is 5.10 Å². The van der Waals surface area contributed by atoms with Crippen molar-refractivity contribution >= 4 is 23.1 Å². The Hall–Kier alpha value is -3.68. The third-order valence-corrected chi connectivity index (χ3v) is 3.85. The fourth-order valence-corrected chi connectivity index (χ4v) is 2.48. The number of aromatic amines is 1. The predicted octanol–water partition coefficient (Wildman–Crippen LogP) is 1.51. The Kier molecular flexibility index (Phi) is 5.16. The molecule has 0 aliphatic carbocycles. The number of carbonyl (C=O) groups is 1. The number of para-hydroxylation sites is 2. The van der Waals surface area contributed by atoms with Gasteiger partial charge in [0.2, 0.25) is 0 Å². The lowest BCUT2D eigenvalue weighted by Gasteiger charge is -2.14. The zero-order chi connectivity index (χ0) is 19.4. The molecule has 0 fully saturated rings. The van der Waals surface area contributed by atoms with Gasteiger partial charge in [-0.15, -0.1) is 4.68 Å². The van der Waals surface area contributed by atoms with Crippen molar-refractivity contribution in [2.45, 2.75) is 13.0 Å². The van der Waals surface area contributed by atoms with E-state index in [1.807, 2.05) is 0 Å². The van der Waals surface area contributed by atoms with Crippen LogP contribution < -0.4 is 16.0 Å².